The van der Waals surface area contributed by atoms with E-state index in [0.717, 1.165) is 19.6 Å². The smallest absolute Gasteiger partial charge is 0.404 e. The van der Waals surface area contributed by atoms with E-state index in [0.29, 0.717) is 13.2 Å². The van der Waals surface area contributed by atoms with Crippen LogP contribution in [0.5, 0.6) is 0 Å². The van der Waals surface area contributed by atoms with Crippen molar-refractivity contribution in [3.63, 3.8) is 0 Å². The Bertz CT molecular complexity index is 417. The first kappa shape index (κ1) is 13.7. The Morgan fingerprint density at radius 2 is 2.05 bits per heavy atom. The summed E-state index contributed by atoms with van der Waals surface area (Å²) in [5.41, 5.74) is 7.49. The molecule has 0 aliphatic carbocycles. The number of nitrogens with one attached hydrogen (secondary N) is 1. The van der Waals surface area contributed by atoms with Crippen molar-refractivity contribution in [1.82, 2.24) is 5.32 Å². The van der Waals surface area contributed by atoms with Gasteiger partial charge in [0.25, 0.3) is 0 Å². The van der Waals surface area contributed by atoms with Gasteiger partial charge >= 0.3 is 6.09 Å². The van der Waals surface area contributed by atoms with Gasteiger partial charge in [-0.05, 0) is 24.5 Å². The number of carbonyl (C=O) groups excluding carboxylic acids is 1. The second kappa shape index (κ2) is 6.99. The average Bonchev–Trinajstić information content (AvgIpc) is 2.92. The zero-order chi connectivity index (χ0) is 13.5. The number of nitrogens with two attached hydrogens (primary N) is 1. The van der Waals surface area contributed by atoms with Crippen LogP contribution in [-0.2, 0) is 11.3 Å². The highest BCUT2D eigenvalue weighted by Gasteiger charge is 2.14. The molecule has 0 saturated carbocycles. The lowest BCUT2D eigenvalue weighted by Gasteiger charge is -2.21. The van der Waals surface area contributed by atoms with Crippen LogP contribution in [-0.4, -0.2) is 32.3 Å². The maximum atomic E-state index is 10.4. The summed E-state index contributed by atoms with van der Waals surface area (Å²) in [6, 6.07) is 8.43. The number of primary amides is 1. The molecule has 0 atom stereocenters. The minimum atomic E-state index is -0.723. The van der Waals surface area contributed by atoms with Gasteiger partial charge in [-0.3, -0.25) is 0 Å². The number of benzene rings is 1. The van der Waals surface area contributed by atoms with Gasteiger partial charge in [-0.15, -0.1) is 0 Å². The first-order valence-electron chi connectivity index (χ1n) is 6.73. The molecule has 5 nitrogen and oxygen atoms in total. The molecule has 1 aromatic carbocycles. The molecule has 0 bridgehead atoms. The van der Waals surface area contributed by atoms with Crippen LogP contribution in [0.25, 0.3) is 0 Å². The van der Waals surface area contributed by atoms with Gasteiger partial charge < -0.3 is 20.7 Å². The molecule has 1 aliphatic heterocycles. The van der Waals surface area contributed by atoms with E-state index in [1.807, 2.05) is 0 Å². The molecule has 0 aromatic heterocycles. The average molecular weight is 263 g/mol. The molecule has 1 amide bonds. The molecule has 1 fully saturated rings. The van der Waals surface area contributed by atoms with Crippen LogP contribution in [0.1, 0.15) is 18.4 Å². The van der Waals surface area contributed by atoms with Crippen LogP contribution in [0.2, 0.25) is 0 Å². The number of hydrogen-bond acceptors (Lipinski definition) is 4. The maximum Gasteiger partial charge on any atom is 0.404 e. The fraction of sp³-hybridized carbons (Fsp3) is 0.500. The normalized spacial score (nSPS) is 14.6. The Labute approximate surface area is 113 Å². The van der Waals surface area contributed by atoms with Gasteiger partial charge in [0.1, 0.15) is 6.61 Å². The van der Waals surface area contributed by atoms with Gasteiger partial charge in [-0.25, -0.2) is 4.79 Å². The molecule has 2 rings (SSSR count). The molecule has 5 heteroatoms. The summed E-state index contributed by atoms with van der Waals surface area (Å²) in [5, 5.41) is 3.26. The van der Waals surface area contributed by atoms with Crippen molar-refractivity contribution in [3.05, 3.63) is 29.8 Å². The fourth-order valence-electron chi connectivity index (χ4n) is 2.37. The Morgan fingerprint density at radius 1 is 1.32 bits per heavy atom. The van der Waals surface area contributed by atoms with E-state index in [4.69, 9.17) is 5.73 Å². The van der Waals surface area contributed by atoms with Crippen LogP contribution < -0.4 is 16.0 Å². The number of carbonyl (C=O) groups is 1. The molecule has 1 saturated heterocycles. The Morgan fingerprint density at radius 3 is 2.79 bits per heavy atom. The zero-order valence-corrected chi connectivity index (χ0v) is 11.1. The van der Waals surface area contributed by atoms with Gasteiger partial charge in [-0.2, -0.15) is 0 Å². The van der Waals surface area contributed by atoms with Crippen molar-refractivity contribution in [2.75, 3.05) is 31.1 Å². The predicted octanol–water partition coefficient (Wildman–Crippen LogP) is 1.47. The second-order valence-corrected chi connectivity index (χ2v) is 4.67. The van der Waals surface area contributed by atoms with E-state index >= 15 is 0 Å². The molecule has 1 heterocycles. The molecular weight excluding hydrogens is 242 g/mol. The Kier molecular flexibility index (Phi) is 5.03. The van der Waals surface area contributed by atoms with Crippen LogP contribution in [0.4, 0.5) is 10.5 Å². The number of nitrogens with zero attached hydrogens (tertiary/aromatic N) is 1. The topological polar surface area (TPSA) is 67.6 Å². The van der Waals surface area contributed by atoms with E-state index in [-0.39, 0.29) is 0 Å². The fourth-order valence-corrected chi connectivity index (χ4v) is 2.37. The number of ether oxygens (including phenoxy) is 1. The molecule has 19 heavy (non-hydrogen) atoms. The van der Waals surface area contributed by atoms with Crippen molar-refractivity contribution in [3.8, 4) is 0 Å². The van der Waals surface area contributed by atoms with E-state index in [1.54, 1.807) is 0 Å². The quantitative estimate of drug-likeness (QED) is 0.763. The lowest BCUT2D eigenvalue weighted by molar-refractivity contribution is 0.157. The molecule has 104 valence electrons. The van der Waals surface area contributed by atoms with E-state index < -0.39 is 6.09 Å². The molecule has 1 aliphatic rings. The predicted molar refractivity (Wildman–Crippen MR) is 75.1 cm³/mol. The van der Waals surface area contributed by atoms with Crippen LogP contribution in [0.15, 0.2) is 24.3 Å². The third-order valence-corrected chi connectivity index (χ3v) is 3.28. The highest BCUT2D eigenvalue weighted by molar-refractivity contribution is 5.64. The first-order valence-corrected chi connectivity index (χ1v) is 6.73. The summed E-state index contributed by atoms with van der Waals surface area (Å²) in [7, 11) is 0. The van der Waals surface area contributed by atoms with Crippen LogP contribution in [0, 0.1) is 0 Å². The summed E-state index contributed by atoms with van der Waals surface area (Å²) in [6.07, 6.45) is 1.82. The Balaban J connectivity index is 1.84. The molecule has 0 radical (unpaired) electrons. The number of rotatable bonds is 6. The number of para-hydroxylation sites is 1. The molecule has 0 spiro atoms. The number of amides is 1. The summed E-state index contributed by atoms with van der Waals surface area (Å²) in [5.74, 6) is 0. The van der Waals surface area contributed by atoms with Gasteiger partial charge in [0, 0.05) is 31.9 Å². The molecule has 0 unspecified atom stereocenters. The largest absolute Gasteiger partial charge is 0.448 e. The minimum absolute atomic E-state index is 0.307. The maximum absolute atomic E-state index is 10.4. The molecule has 3 N–H and O–H groups in total. The van der Waals surface area contributed by atoms with Crippen molar-refractivity contribution in [2.45, 2.75) is 19.4 Å². The van der Waals surface area contributed by atoms with Crippen molar-refractivity contribution in [2.24, 2.45) is 5.73 Å². The van der Waals surface area contributed by atoms with Crippen molar-refractivity contribution in [1.29, 1.82) is 0 Å². The third-order valence-electron chi connectivity index (χ3n) is 3.28. The molecular formula is C14H21N3O2. The van der Waals surface area contributed by atoms with E-state index in [1.165, 1.54) is 24.1 Å². The van der Waals surface area contributed by atoms with Crippen LogP contribution in [0.3, 0.4) is 0 Å². The number of anilines is 1. The van der Waals surface area contributed by atoms with Gasteiger partial charge in [-0.1, -0.05) is 18.2 Å². The van der Waals surface area contributed by atoms with E-state index in [2.05, 4.69) is 39.2 Å². The lowest BCUT2D eigenvalue weighted by atomic mass is 10.1. The highest BCUT2D eigenvalue weighted by atomic mass is 16.5. The first-order chi connectivity index (χ1) is 9.27. The Hall–Kier alpha value is -1.75. The number of hydrogen-bond donors (Lipinski definition) is 2. The van der Waals surface area contributed by atoms with Crippen molar-refractivity contribution >= 4 is 11.8 Å². The summed E-state index contributed by atoms with van der Waals surface area (Å²) >= 11 is 0. The highest BCUT2D eigenvalue weighted by Crippen LogP contribution is 2.24. The summed E-state index contributed by atoms with van der Waals surface area (Å²) in [6.45, 7) is 3.97. The summed E-state index contributed by atoms with van der Waals surface area (Å²) in [4.78, 5) is 12.9. The standard InChI is InChI=1S/C14H21N3O2/c15-14(18)19-10-7-16-11-12-5-1-2-6-13(12)17-8-3-4-9-17/h1-2,5-6,16H,3-4,7-11H2,(H2,15,18). The van der Waals surface area contributed by atoms with Crippen LogP contribution >= 0.6 is 0 Å². The second-order valence-electron chi connectivity index (χ2n) is 4.67. The van der Waals surface area contributed by atoms with Gasteiger partial charge in [0.2, 0.25) is 0 Å². The lowest BCUT2D eigenvalue weighted by Crippen LogP contribution is -2.25. The van der Waals surface area contributed by atoms with Crippen molar-refractivity contribution < 1.29 is 9.53 Å². The van der Waals surface area contributed by atoms with E-state index in [9.17, 15) is 4.79 Å². The monoisotopic (exact) mass is 263 g/mol. The molecule has 1 aromatic rings. The minimum Gasteiger partial charge on any atom is -0.448 e. The zero-order valence-electron chi connectivity index (χ0n) is 11.1. The van der Waals surface area contributed by atoms with Gasteiger partial charge in [0.05, 0.1) is 0 Å². The van der Waals surface area contributed by atoms with Gasteiger partial charge in [0.15, 0.2) is 0 Å². The summed E-state index contributed by atoms with van der Waals surface area (Å²) < 4.78 is 4.68. The SMILES string of the molecule is NC(=O)OCCNCc1ccccc1N1CCCC1. The third kappa shape index (κ3) is 4.13.